The molecule has 0 saturated carbocycles. The largest absolute Gasteiger partial charge is 0.387 e. The summed E-state index contributed by atoms with van der Waals surface area (Å²) in [6.07, 6.45) is 3.49. The van der Waals surface area contributed by atoms with E-state index in [1.807, 2.05) is 24.3 Å². The quantitative estimate of drug-likeness (QED) is 0.0556. The van der Waals surface area contributed by atoms with Crippen LogP contribution in [0, 0.1) is 5.92 Å². The lowest BCUT2D eigenvalue weighted by Crippen LogP contribution is -2.54. The first-order valence-corrected chi connectivity index (χ1v) is 18.4. The van der Waals surface area contributed by atoms with Gasteiger partial charge in [-0.1, -0.05) is 6.07 Å². The predicted octanol–water partition coefficient (Wildman–Crippen LogP) is 1.27. The molecule has 284 valence electrons. The van der Waals surface area contributed by atoms with Crippen LogP contribution in [0.5, 0.6) is 0 Å². The van der Waals surface area contributed by atoms with Crippen LogP contribution in [0.4, 0.5) is 17.1 Å². The third-order valence-corrected chi connectivity index (χ3v) is 10.2. The van der Waals surface area contributed by atoms with Crippen molar-refractivity contribution in [2.75, 3.05) is 49.2 Å². The Balaban J connectivity index is 0.840. The minimum atomic E-state index is -1.03. The SMILES string of the molecule is CNc1ccc(C(=O)Nc2ccc3nc(CN4CCC(CC(=O)NCCCNc5cccc6c5C(=O)N(C5CCC(=O)NC5=O)C6=O)C4)[nH]c3c2)cc1C=[NH2+]. The number of nitrogens with two attached hydrogens (primary N) is 1. The van der Waals surface area contributed by atoms with Gasteiger partial charge in [-0.25, -0.2) is 4.98 Å². The molecule has 0 spiro atoms. The average molecular weight is 748 g/mol. The van der Waals surface area contributed by atoms with E-state index in [0.717, 1.165) is 52.5 Å². The van der Waals surface area contributed by atoms with Crippen molar-refractivity contribution in [1.82, 2.24) is 30.4 Å². The highest BCUT2D eigenvalue weighted by atomic mass is 16.2. The van der Waals surface area contributed by atoms with Gasteiger partial charge in [0.1, 0.15) is 11.9 Å². The lowest BCUT2D eigenvalue weighted by molar-refractivity contribution is -0.136. The molecule has 6 amide bonds. The molecule has 8 N–H and O–H groups in total. The molecule has 2 fully saturated rings. The number of aromatic amines is 1. The molecule has 2 atom stereocenters. The zero-order chi connectivity index (χ0) is 38.6. The van der Waals surface area contributed by atoms with Crippen LogP contribution in [0.3, 0.4) is 0 Å². The normalized spacial score (nSPS) is 18.3. The molecule has 0 aliphatic carbocycles. The average Bonchev–Trinajstić information content (AvgIpc) is 3.86. The molecule has 2 saturated heterocycles. The first-order valence-electron chi connectivity index (χ1n) is 18.4. The number of hydrogen-bond acceptors (Lipinski definition) is 10. The van der Waals surface area contributed by atoms with Gasteiger partial charge < -0.3 is 26.3 Å². The number of imide groups is 2. The van der Waals surface area contributed by atoms with Crippen molar-refractivity contribution in [2.45, 2.75) is 44.7 Å². The van der Waals surface area contributed by atoms with Crippen LogP contribution in [-0.4, -0.2) is 101 Å². The number of imidazole rings is 1. The number of likely N-dealkylation sites (tertiary alicyclic amines) is 1. The fraction of sp³-hybridized carbons (Fsp3) is 0.333. The number of nitrogens with one attached hydrogen (secondary N) is 6. The summed E-state index contributed by atoms with van der Waals surface area (Å²) in [7, 11) is 1.79. The lowest BCUT2D eigenvalue weighted by atomic mass is 10.0. The highest BCUT2D eigenvalue weighted by molar-refractivity contribution is 6.25. The summed E-state index contributed by atoms with van der Waals surface area (Å²) in [6, 6.07) is 14.7. The molecule has 2 unspecified atom stereocenters. The van der Waals surface area contributed by atoms with Crippen LogP contribution in [0.2, 0.25) is 0 Å². The van der Waals surface area contributed by atoms with Crippen LogP contribution >= 0.6 is 0 Å². The van der Waals surface area contributed by atoms with Crippen LogP contribution in [-0.2, 0) is 20.9 Å². The molecule has 55 heavy (non-hydrogen) atoms. The van der Waals surface area contributed by atoms with Crippen molar-refractivity contribution in [3.63, 3.8) is 0 Å². The van der Waals surface area contributed by atoms with Gasteiger partial charge in [-0.15, -0.1) is 0 Å². The Morgan fingerprint density at radius 1 is 1.00 bits per heavy atom. The minimum Gasteiger partial charge on any atom is -0.387 e. The van der Waals surface area contributed by atoms with Gasteiger partial charge in [0, 0.05) is 62.1 Å². The highest BCUT2D eigenvalue weighted by Gasteiger charge is 2.45. The van der Waals surface area contributed by atoms with Crippen molar-refractivity contribution >= 4 is 69.8 Å². The van der Waals surface area contributed by atoms with Gasteiger partial charge in [-0.3, -0.25) is 49.3 Å². The number of rotatable bonds is 14. The fourth-order valence-electron chi connectivity index (χ4n) is 7.46. The van der Waals surface area contributed by atoms with Gasteiger partial charge in [0.05, 0.1) is 34.3 Å². The van der Waals surface area contributed by atoms with Crippen LogP contribution < -0.4 is 32.0 Å². The third-order valence-electron chi connectivity index (χ3n) is 10.2. The molecule has 0 bridgehead atoms. The number of anilines is 3. The Hall–Kier alpha value is -6.42. The molecule has 1 aromatic heterocycles. The van der Waals surface area contributed by atoms with E-state index in [4.69, 9.17) is 10.4 Å². The zero-order valence-corrected chi connectivity index (χ0v) is 30.4. The zero-order valence-electron chi connectivity index (χ0n) is 30.4. The van der Waals surface area contributed by atoms with Crippen LogP contribution in [0.1, 0.15) is 74.6 Å². The molecule has 4 aromatic rings. The van der Waals surface area contributed by atoms with E-state index in [9.17, 15) is 28.8 Å². The van der Waals surface area contributed by atoms with Gasteiger partial charge >= 0.3 is 0 Å². The maximum atomic E-state index is 13.3. The number of fused-ring (bicyclic) bond motifs is 2. The number of piperidine rings is 1. The van der Waals surface area contributed by atoms with E-state index in [-0.39, 0.29) is 41.7 Å². The van der Waals surface area contributed by atoms with E-state index < -0.39 is 29.7 Å². The second-order valence-electron chi connectivity index (χ2n) is 14.0. The Morgan fingerprint density at radius 3 is 2.65 bits per heavy atom. The van der Waals surface area contributed by atoms with Gasteiger partial charge in [0.25, 0.3) is 17.7 Å². The lowest BCUT2D eigenvalue weighted by Gasteiger charge is -2.27. The van der Waals surface area contributed by atoms with Gasteiger partial charge in [0.2, 0.25) is 17.7 Å². The topological polar surface area (TPSA) is 223 Å². The Kier molecular flexibility index (Phi) is 10.7. The molecule has 7 rings (SSSR count). The maximum Gasteiger partial charge on any atom is 0.264 e. The summed E-state index contributed by atoms with van der Waals surface area (Å²) >= 11 is 0. The van der Waals surface area contributed by atoms with E-state index >= 15 is 0 Å². The van der Waals surface area contributed by atoms with E-state index in [0.29, 0.717) is 49.4 Å². The summed E-state index contributed by atoms with van der Waals surface area (Å²) in [4.78, 5) is 87.4. The summed E-state index contributed by atoms with van der Waals surface area (Å²) in [5.41, 5.74) is 5.19. The second kappa shape index (κ2) is 15.9. The molecular weight excluding hydrogens is 704 g/mol. The van der Waals surface area contributed by atoms with E-state index in [2.05, 4.69) is 36.5 Å². The van der Waals surface area contributed by atoms with Crippen molar-refractivity contribution in [3.8, 4) is 0 Å². The fourth-order valence-corrected chi connectivity index (χ4v) is 7.46. The van der Waals surface area contributed by atoms with Gasteiger partial charge in [0.15, 0.2) is 6.21 Å². The Morgan fingerprint density at radius 2 is 1.85 bits per heavy atom. The molecular formula is C39H43N10O6+. The number of amides is 6. The maximum absolute atomic E-state index is 13.3. The highest BCUT2D eigenvalue weighted by Crippen LogP contribution is 2.32. The minimum absolute atomic E-state index is 0.0261. The second-order valence-corrected chi connectivity index (χ2v) is 14.0. The van der Waals surface area contributed by atoms with Crippen molar-refractivity contribution in [3.05, 3.63) is 82.7 Å². The number of carbonyl (C=O) groups is 6. The smallest absolute Gasteiger partial charge is 0.264 e. The summed E-state index contributed by atoms with van der Waals surface area (Å²) < 4.78 is 0. The third kappa shape index (κ3) is 7.94. The number of hydrogen-bond donors (Lipinski definition) is 7. The van der Waals surface area contributed by atoms with Crippen molar-refractivity contribution in [1.29, 1.82) is 0 Å². The number of H-pyrrole nitrogens is 1. The number of carbonyl (C=O) groups excluding carboxylic acids is 6. The van der Waals surface area contributed by atoms with E-state index in [1.54, 1.807) is 37.4 Å². The number of aromatic nitrogens is 2. The first kappa shape index (κ1) is 36.9. The predicted molar refractivity (Wildman–Crippen MR) is 204 cm³/mol. The molecule has 16 nitrogen and oxygen atoms in total. The monoisotopic (exact) mass is 747 g/mol. The van der Waals surface area contributed by atoms with Crippen molar-refractivity contribution < 1.29 is 34.2 Å². The molecule has 3 aliphatic rings. The molecule has 3 aromatic carbocycles. The molecule has 0 radical (unpaired) electrons. The summed E-state index contributed by atoms with van der Waals surface area (Å²) in [5.74, 6) is -1.46. The van der Waals surface area contributed by atoms with Crippen LogP contribution in [0.15, 0.2) is 54.6 Å². The van der Waals surface area contributed by atoms with Crippen molar-refractivity contribution in [2.24, 2.45) is 5.92 Å². The van der Waals surface area contributed by atoms with Gasteiger partial charge in [-0.2, -0.15) is 0 Å². The summed E-state index contributed by atoms with van der Waals surface area (Å²) in [6.45, 7) is 3.10. The first-order chi connectivity index (χ1) is 26.6. The molecule has 3 aliphatic heterocycles. The van der Waals surface area contributed by atoms with Crippen LogP contribution in [0.25, 0.3) is 11.0 Å². The molecule has 16 heteroatoms. The van der Waals surface area contributed by atoms with E-state index in [1.165, 1.54) is 6.21 Å². The molecule has 4 heterocycles. The standard InChI is InChI=1S/C39H42N10O6/c1-41-27-8-6-23(17-24(27)19-40)36(52)44-25-7-9-28-30(18-25)46-32(45-28)21-48-15-12-22(20-48)16-34(51)43-14-3-13-42-29-5-2-4-26-35(29)39(55)49(38(26)54)31-10-11-33(50)47-37(31)53/h2,4-9,17-19,22,31,40-42H,3,10-16,20-21H2,1H3,(H,43,51)(H,44,52)(H,45,46)(H,47,50,53)/p+1. The Labute approximate surface area is 316 Å². The number of benzene rings is 3. The van der Waals surface area contributed by atoms with Gasteiger partial charge in [-0.05, 0) is 80.3 Å². The Bertz CT molecular complexity index is 2220. The number of nitrogens with zero attached hydrogens (tertiary/aromatic N) is 3. The summed E-state index contributed by atoms with van der Waals surface area (Å²) in [5, 5.41) is 20.1.